The van der Waals surface area contributed by atoms with E-state index >= 15 is 0 Å². The summed E-state index contributed by atoms with van der Waals surface area (Å²) in [6.07, 6.45) is 2.43. The molecule has 8 nitrogen and oxygen atoms in total. The summed E-state index contributed by atoms with van der Waals surface area (Å²) in [5, 5.41) is 3.18. The smallest absolute Gasteiger partial charge is 0.306 e. The number of rotatable bonds is 7. The van der Waals surface area contributed by atoms with E-state index in [2.05, 4.69) is 20.3 Å². The average molecular weight is 401 g/mol. The number of ether oxygens (including phenoxy) is 1. The number of aryl methyl sites for hydroxylation is 1. The van der Waals surface area contributed by atoms with Crippen molar-refractivity contribution in [2.75, 3.05) is 11.9 Å². The normalized spacial score (nSPS) is 10.6. The fraction of sp³-hybridized carbons (Fsp3) is 0.211. The predicted molar refractivity (Wildman–Crippen MR) is 104 cm³/mol. The standard InChI is InChI=1S/C19H17ClN4O4/c20-18-14(7-4-10-21-18)23-16(25)11-28-17(26)9-3-8-15-22-13-6-2-1-5-12(13)19(27)24-15/h1-2,4-7,10H,3,8-9,11H2,(H,23,25)(H,22,24,27). The van der Waals surface area contributed by atoms with Crippen LogP contribution >= 0.6 is 11.6 Å². The fourth-order valence-corrected chi connectivity index (χ4v) is 2.70. The van der Waals surface area contributed by atoms with Gasteiger partial charge in [-0.15, -0.1) is 0 Å². The van der Waals surface area contributed by atoms with E-state index < -0.39 is 18.5 Å². The van der Waals surface area contributed by atoms with Crippen molar-refractivity contribution >= 4 is 40.1 Å². The molecule has 0 atom stereocenters. The number of H-pyrrole nitrogens is 1. The Morgan fingerprint density at radius 2 is 2.00 bits per heavy atom. The molecule has 3 rings (SSSR count). The Labute approximate surface area is 164 Å². The second kappa shape index (κ2) is 9.09. The maximum atomic E-state index is 12.0. The highest BCUT2D eigenvalue weighted by Crippen LogP contribution is 2.17. The van der Waals surface area contributed by atoms with Crippen LogP contribution in [0, 0.1) is 0 Å². The van der Waals surface area contributed by atoms with Gasteiger partial charge >= 0.3 is 5.97 Å². The van der Waals surface area contributed by atoms with E-state index in [1.54, 1.807) is 36.4 Å². The molecule has 0 aliphatic rings. The van der Waals surface area contributed by atoms with Crippen molar-refractivity contribution in [1.29, 1.82) is 0 Å². The van der Waals surface area contributed by atoms with Gasteiger partial charge in [-0.2, -0.15) is 0 Å². The van der Waals surface area contributed by atoms with Crippen LogP contribution in [0.3, 0.4) is 0 Å². The topological polar surface area (TPSA) is 114 Å². The van der Waals surface area contributed by atoms with Crippen LogP contribution in [0.15, 0.2) is 47.4 Å². The number of pyridine rings is 1. The van der Waals surface area contributed by atoms with Crippen LogP contribution in [0.1, 0.15) is 18.7 Å². The number of halogens is 1. The Kier molecular flexibility index (Phi) is 6.33. The highest BCUT2D eigenvalue weighted by Gasteiger charge is 2.10. The number of benzene rings is 1. The number of hydrogen-bond acceptors (Lipinski definition) is 6. The summed E-state index contributed by atoms with van der Waals surface area (Å²) in [6, 6.07) is 10.2. The Morgan fingerprint density at radius 1 is 1.18 bits per heavy atom. The summed E-state index contributed by atoms with van der Waals surface area (Å²) < 4.78 is 4.94. The quantitative estimate of drug-likeness (QED) is 0.465. The maximum absolute atomic E-state index is 12.0. The van der Waals surface area contributed by atoms with E-state index in [1.165, 1.54) is 6.20 Å². The number of esters is 1. The third kappa shape index (κ3) is 5.14. The highest BCUT2D eigenvalue weighted by molar-refractivity contribution is 6.32. The first-order chi connectivity index (χ1) is 13.5. The van der Waals surface area contributed by atoms with Crippen molar-refractivity contribution < 1.29 is 14.3 Å². The second-order valence-corrected chi connectivity index (χ2v) is 6.29. The van der Waals surface area contributed by atoms with Gasteiger partial charge in [0.05, 0.1) is 16.6 Å². The average Bonchev–Trinajstić information content (AvgIpc) is 2.68. The van der Waals surface area contributed by atoms with Gasteiger partial charge in [0.15, 0.2) is 11.8 Å². The third-order valence-corrected chi connectivity index (χ3v) is 4.16. The summed E-state index contributed by atoms with van der Waals surface area (Å²) in [4.78, 5) is 46.5. The number of fused-ring (bicyclic) bond motifs is 1. The molecule has 0 aliphatic carbocycles. The summed E-state index contributed by atoms with van der Waals surface area (Å²) >= 11 is 5.84. The second-order valence-electron chi connectivity index (χ2n) is 5.93. The summed E-state index contributed by atoms with van der Waals surface area (Å²) in [5.41, 5.74) is 0.736. The molecule has 28 heavy (non-hydrogen) atoms. The molecular weight excluding hydrogens is 384 g/mol. The molecule has 1 aromatic carbocycles. The van der Waals surface area contributed by atoms with E-state index in [-0.39, 0.29) is 17.1 Å². The Morgan fingerprint density at radius 3 is 2.82 bits per heavy atom. The molecule has 0 aliphatic heterocycles. The van der Waals surface area contributed by atoms with Crippen LogP contribution < -0.4 is 10.9 Å². The number of carbonyl (C=O) groups excluding carboxylic acids is 2. The lowest BCUT2D eigenvalue weighted by atomic mass is 10.2. The maximum Gasteiger partial charge on any atom is 0.306 e. The van der Waals surface area contributed by atoms with Gasteiger partial charge in [-0.25, -0.2) is 9.97 Å². The Bertz CT molecular complexity index is 1070. The number of amides is 1. The lowest BCUT2D eigenvalue weighted by Gasteiger charge is -2.07. The zero-order valence-electron chi connectivity index (χ0n) is 14.8. The van der Waals surface area contributed by atoms with Crippen LogP contribution in [0.2, 0.25) is 5.15 Å². The van der Waals surface area contributed by atoms with Crippen molar-refractivity contribution in [2.45, 2.75) is 19.3 Å². The number of aromatic amines is 1. The van der Waals surface area contributed by atoms with E-state index in [9.17, 15) is 14.4 Å². The first-order valence-electron chi connectivity index (χ1n) is 8.57. The van der Waals surface area contributed by atoms with Crippen LogP contribution in [0.5, 0.6) is 0 Å². The van der Waals surface area contributed by atoms with Crippen LogP contribution in [-0.2, 0) is 20.7 Å². The predicted octanol–water partition coefficient (Wildman–Crippen LogP) is 2.48. The molecule has 0 bridgehead atoms. The molecule has 2 N–H and O–H groups in total. The molecule has 2 heterocycles. The van der Waals surface area contributed by atoms with Gasteiger partial charge < -0.3 is 15.0 Å². The van der Waals surface area contributed by atoms with E-state index in [0.29, 0.717) is 35.3 Å². The Balaban J connectivity index is 1.44. The molecule has 3 aromatic rings. The number of nitrogens with zero attached hydrogens (tertiary/aromatic N) is 2. The zero-order valence-corrected chi connectivity index (χ0v) is 15.5. The van der Waals surface area contributed by atoms with E-state index in [0.717, 1.165) is 0 Å². The number of para-hydroxylation sites is 1. The van der Waals surface area contributed by atoms with E-state index in [4.69, 9.17) is 16.3 Å². The molecule has 0 radical (unpaired) electrons. The number of hydrogen-bond donors (Lipinski definition) is 2. The van der Waals surface area contributed by atoms with Gasteiger partial charge in [0.25, 0.3) is 11.5 Å². The van der Waals surface area contributed by atoms with Crippen LogP contribution in [-0.4, -0.2) is 33.4 Å². The lowest BCUT2D eigenvalue weighted by molar-refractivity contribution is -0.147. The first-order valence-corrected chi connectivity index (χ1v) is 8.94. The molecule has 0 saturated carbocycles. The lowest BCUT2D eigenvalue weighted by Crippen LogP contribution is -2.21. The van der Waals surface area contributed by atoms with E-state index in [1.807, 2.05) is 0 Å². The number of aromatic nitrogens is 3. The van der Waals surface area contributed by atoms with Gasteiger partial charge in [0.2, 0.25) is 0 Å². The molecule has 0 spiro atoms. The zero-order chi connectivity index (χ0) is 19.9. The minimum atomic E-state index is -0.518. The minimum Gasteiger partial charge on any atom is -0.456 e. The van der Waals surface area contributed by atoms with Crippen molar-refractivity contribution in [3.8, 4) is 0 Å². The SMILES string of the molecule is O=C(COC(=O)CCCc1nc2ccccc2c(=O)[nH]1)Nc1cccnc1Cl. The van der Waals surface area contributed by atoms with Crippen molar-refractivity contribution in [3.05, 3.63) is 63.9 Å². The third-order valence-electron chi connectivity index (χ3n) is 3.85. The van der Waals surface area contributed by atoms with Crippen molar-refractivity contribution in [1.82, 2.24) is 15.0 Å². The van der Waals surface area contributed by atoms with Crippen LogP contribution in [0.4, 0.5) is 5.69 Å². The summed E-state index contributed by atoms with van der Waals surface area (Å²) in [5.74, 6) is -0.528. The molecule has 0 fully saturated rings. The highest BCUT2D eigenvalue weighted by atomic mass is 35.5. The first kappa shape index (κ1) is 19.5. The summed E-state index contributed by atoms with van der Waals surface area (Å²) in [6.45, 7) is -0.422. The largest absolute Gasteiger partial charge is 0.456 e. The molecule has 0 unspecified atom stereocenters. The van der Waals surface area contributed by atoms with Gasteiger partial charge in [-0.05, 0) is 30.7 Å². The number of anilines is 1. The number of nitrogens with one attached hydrogen (secondary N) is 2. The van der Waals surface area contributed by atoms with Crippen LogP contribution in [0.25, 0.3) is 10.9 Å². The molecule has 0 saturated heterocycles. The Hall–Kier alpha value is -3.26. The summed E-state index contributed by atoms with van der Waals surface area (Å²) in [7, 11) is 0. The molecule has 1 amide bonds. The number of carbonyl (C=O) groups is 2. The van der Waals surface area contributed by atoms with Gasteiger partial charge in [-0.1, -0.05) is 23.7 Å². The van der Waals surface area contributed by atoms with Gasteiger partial charge in [-0.3, -0.25) is 14.4 Å². The molecule has 2 aromatic heterocycles. The van der Waals surface area contributed by atoms with Gasteiger partial charge in [0, 0.05) is 19.0 Å². The van der Waals surface area contributed by atoms with Gasteiger partial charge in [0.1, 0.15) is 5.82 Å². The molecule has 9 heteroatoms. The fourth-order valence-electron chi connectivity index (χ4n) is 2.54. The minimum absolute atomic E-state index is 0.0947. The van der Waals surface area contributed by atoms with Crippen molar-refractivity contribution in [3.63, 3.8) is 0 Å². The van der Waals surface area contributed by atoms with Crippen molar-refractivity contribution in [2.24, 2.45) is 0 Å². The molecular formula is C19H17ClN4O4. The molecule has 144 valence electrons. The monoisotopic (exact) mass is 400 g/mol.